The van der Waals surface area contributed by atoms with Crippen molar-refractivity contribution in [3.63, 3.8) is 0 Å². The maximum absolute atomic E-state index is 11.8. The van der Waals surface area contributed by atoms with Gasteiger partial charge in [0.25, 0.3) is 5.91 Å². The number of nitrogens with one attached hydrogen (secondary N) is 1. The third kappa shape index (κ3) is 4.29. The zero-order valence-electron chi connectivity index (χ0n) is 10.4. The second-order valence-corrected chi connectivity index (χ2v) is 5.25. The van der Waals surface area contributed by atoms with E-state index in [0.717, 1.165) is 6.42 Å². The number of aryl methyl sites for hydroxylation is 1. The molecule has 18 heavy (non-hydrogen) atoms. The summed E-state index contributed by atoms with van der Waals surface area (Å²) in [5.74, 6) is -0.513. The smallest absolute Gasteiger partial charge is 0.320 e. The molecule has 1 aromatic carbocycles. The second kappa shape index (κ2) is 7.35. The van der Waals surface area contributed by atoms with Crippen LogP contribution >= 0.6 is 22.6 Å². The Morgan fingerprint density at radius 1 is 1.33 bits per heavy atom. The maximum atomic E-state index is 11.8. The Balaban J connectivity index is 2.52. The topological polar surface area (TPSA) is 55.4 Å². The van der Waals surface area contributed by atoms with Crippen LogP contribution in [-0.2, 0) is 16.0 Å². The van der Waals surface area contributed by atoms with Crippen molar-refractivity contribution >= 4 is 34.5 Å². The van der Waals surface area contributed by atoms with Crippen molar-refractivity contribution in [2.75, 3.05) is 13.7 Å². The van der Waals surface area contributed by atoms with Crippen molar-refractivity contribution in [1.29, 1.82) is 0 Å². The minimum Gasteiger partial charge on any atom is -0.468 e. The number of hydrogen-bond acceptors (Lipinski definition) is 3. The lowest BCUT2D eigenvalue weighted by molar-refractivity contribution is -0.139. The molecule has 1 atom stereocenters. The summed E-state index contributed by atoms with van der Waals surface area (Å²) in [7, 11) is 1.33. The van der Waals surface area contributed by atoms with Gasteiger partial charge >= 0.3 is 5.97 Å². The van der Waals surface area contributed by atoms with Gasteiger partial charge in [-0.2, -0.15) is 0 Å². The Morgan fingerprint density at radius 3 is 2.44 bits per heavy atom. The molecule has 0 saturated carbocycles. The fourth-order valence-electron chi connectivity index (χ4n) is 1.39. The predicted molar refractivity (Wildman–Crippen MR) is 78.0 cm³/mol. The minimum absolute atomic E-state index is 0.178. The number of benzene rings is 1. The fraction of sp³-hybridized carbons (Fsp3) is 0.385. The molecule has 5 heteroatoms. The number of alkyl halides is 1. The van der Waals surface area contributed by atoms with Crippen LogP contribution in [0, 0.1) is 0 Å². The number of rotatable bonds is 5. The Labute approximate surface area is 120 Å². The number of hydrogen-bond donors (Lipinski definition) is 1. The number of methoxy groups -OCH3 is 1. The van der Waals surface area contributed by atoms with Gasteiger partial charge in [-0.1, -0.05) is 41.6 Å². The number of ether oxygens (including phenoxy) is 1. The molecule has 0 bridgehead atoms. The quantitative estimate of drug-likeness (QED) is 0.496. The molecule has 0 aliphatic rings. The number of carbonyl (C=O) groups is 2. The van der Waals surface area contributed by atoms with Crippen molar-refractivity contribution in [2.24, 2.45) is 0 Å². The van der Waals surface area contributed by atoms with E-state index < -0.39 is 0 Å². The number of esters is 1. The van der Waals surface area contributed by atoms with E-state index in [0.29, 0.717) is 5.56 Å². The molecule has 1 unspecified atom stereocenters. The van der Waals surface area contributed by atoms with Crippen LogP contribution in [0.2, 0.25) is 0 Å². The molecule has 0 saturated heterocycles. The molecule has 4 nitrogen and oxygen atoms in total. The van der Waals surface area contributed by atoms with Crippen LogP contribution in [-0.4, -0.2) is 29.5 Å². The van der Waals surface area contributed by atoms with E-state index in [1.54, 1.807) is 12.1 Å². The molecular formula is C13H16INO3. The molecular weight excluding hydrogens is 345 g/mol. The van der Waals surface area contributed by atoms with E-state index in [-0.39, 0.29) is 22.3 Å². The number of halogens is 1. The summed E-state index contributed by atoms with van der Waals surface area (Å²) in [6.07, 6.45) is 0.945. The molecule has 0 fully saturated rings. The normalized spacial score (nSPS) is 11.7. The van der Waals surface area contributed by atoms with Gasteiger partial charge in [0.05, 0.1) is 7.11 Å². The first-order valence-electron chi connectivity index (χ1n) is 5.67. The van der Waals surface area contributed by atoms with Crippen molar-refractivity contribution < 1.29 is 14.3 Å². The van der Waals surface area contributed by atoms with Gasteiger partial charge in [-0.3, -0.25) is 9.59 Å². The molecule has 0 aromatic heterocycles. The van der Waals surface area contributed by atoms with Crippen molar-refractivity contribution in [2.45, 2.75) is 17.3 Å². The van der Waals surface area contributed by atoms with Crippen molar-refractivity contribution in [1.82, 2.24) is 5.32 Å². The second-order valence-electron chi connectivity index (χ2n) is 3.75. The van der Waals surface area contributed by atoms with E-state index >= 15 is 0 Å². The predicted octanol–water partition coefficient (Wildman–Crippen LogP) is 1.96. The minimum atomic E-state index is -0.369. The third-order valence-corrected chi connectivity index (χ3v) is 3.47. The van der Waals surface area contributed by atoms with Crippen molar-refractivity contribution in [3.8, 4) is 0 Å². The lowest BCUT2D eigenvalue weighted by Gasteiger charge is -2.09. The summed E-state index contributed by atoms with van der Waals surface area (Å²) < 4.78 is 4.21. The molecule has 1 amide bonds. The van der Waals surface area contributed by atoms with Gasteiger partial charge in [0.2, 0.25) is 0 Å². The summed E-state index contributed by atoms with van der Waals surface area (Å²) in [5, 5.41) is 2.70. The largest absolute Gasteiger partial charge is 0.468 e. The lowest BCUT2D eigenvalue weighted by atomic mass is 10.1. The van der Waals surface area contributed by atoms with Gasteiger partial charge in [-0.15, -0.1) is 0 Å². The SMILES string of the molecule is CCc1ccc(C(=O)NCC(I)C(=O)OC)cc1. The van der Waals surface area contributed by atoms with Crippen LogP contribution in [0.1, 0.15) is 22.8 Å². The van der Waals surface area contributed by atoms with Crippen LogP contribution in [0.3, 0.4) is 0 Å². The first kappa shape index (κ1) is 14.9. The average molecular weight is 361 g/mol. The van der Waals surface area contributed by atoms with Gasteiger partial charge in [-0.25, -0.2) is 0 Å². The number of amides is 1. The standard InChI is InChI=1S/C13H16INO3/c1-3-9-4-6-10(7-5-9)12(16)15-8-11(14)13(17)18-2/h4-7,11H,3,8H2,1-2H3,(H,15,16). The Bertz CT molecular complexity index is 417. The van der Waals surface area contributed by atoms with E-state index in [1.807, 2.05) is 34.7 Å². The van der Waals surface area contributed by atoms with Crippen LogP contribution in [0.4, 0.5) is 0 Å². The summed E-state index contributed by atoms with van der Waals surface area (Å²) in [6, 6.07) is 7.43. The Kier molecular flexibility index (Phi) is 6.11. The van der Waals surface area contributed by atoms with E-state index in [2.05, 4.69) is 17.0 Å². The molecule has 0 spiro atoms. The maximum Gasteiger partial charge on any atom is 0.320 e. The van der Waals surface area contributed by atoms with Gasteiger partial charge in [0, 0.05) is 12.1 Å². The molecule has 0 aliphatic heterocycles. The molecule has 0 heterocycles. The van der Waals surface area contributed by atoms with Gasteiger partial charge in [-0.05, 0) is 24.1 Å². The molecule has 1 rings (SSSR count). The van der Waals surface area contributed by atoms with E-state index in [4.69, 9.17) is 0 Å². The molecule has 98 valence electrons. The highest BCUT2D eigenvalue weighted by Gasteiger charge is 2.16. The van der Waals surface area contributed by atoms with Crippen LogP contribution < -0.4 is 5.32 Å². The van der Waals surface area contributed by atoms with Gasteiger partial charge in [0.1, 0.15) is 3.92 Å². The average Bonchev–Trinajstić information content (AvgIpc) is 2.43. The Morgan fingerprint density at radius 2 is 1.94 bits per heavy atom. The monoisotopic (exact) mass is 361 g/mol. The van der Waals surface area contributed by atoms with Crippen LogP contribution in [0.25, 0.3) is 0 Å². The summed E-state index contributed by atoms with van der Waals surface area (Å²) >= 11 is 1.94. The first-order chi connectivity index (χ1) is 8.58. The molecule has 1 N–H and O–H groups in total. The summed E-state index contributed by atoms with van der Waals surface area (Å²) in [4.78, 5) is 23.0. The highest BCUT2D eigenvalue weighted by Crippen LogP contribution is 2.06. The fourth-order valence-corrected chi connectivity index (χ4v) is 1.86. The third-order valence-electron chi connectivity index (χ3n) is 2.52. The molecule has 0 radical (unpaired) electrons. The highest BCUT2D eigenvalue weighted by molar-refractivity contribution is 14.1. The Hall–Kier alpha value is -1.11. The summed E-state index contributed by atoms with van der Waals surface area (Å²) in [6.45, 7) is 2.33. The number of carbonyl (C=O) groups excluding carboxylic acids is 2. The zero-order chi connectivity index (χ0) is 13.5. The molecule has 0 aliphatic carbocycles. The zero-order valence-corrected chi connectivity index (χ0v) is 12.6. The highest BCUT2D eigenvalue weighted by atomic mass is 127. The van der Waals surface area contributed by atoms with Crippen LogP contribution in [0.15, 0.2) is 24.3 Å². The lowest BCUT2D eigenvalue weighted by Crippen LogP contribution is -2.33. The van der Waals surface area contributed by atoms with Crippen LogP contribution in [0.5, 0.6) is 0 Å². The van der Waals surface area contributed by atoms with Gasteiger partial charge in [0.15, 0.2) is 0 Å². The van der Waals surface area contributed by atoms with E-state index in [1.165, 1.54) is 12.7 Å². The molecule has 1 aromatic rings. The van der Waals surface area contributed by atoms with Gasteiger partial charge < -0.3 is 10.1 Å². The van der Waals surface area contributed by atoms with E-state index in [9.17, 15) is 9.59 Å². The first-order valence-corrected chi connectivity index (χ1v) is 6.92. The van der Waals surface area contributed by atoms with Crippen molar-refractivity contribution in [3.05, 3.63) is 35.4 Å². The summed E-state index contributed by atoms with van der Waals surface area (Å²) in [5.41, 5.74) is 1.79.